The third-order valence-electron chi connectivity index (χ3n) is 8.64. The number of aliphatic hydroxyl groups is 1. The molecule has 3 nitrogen and oxygen atoms in total. The van der Waals surface area contributed by atoms with Gasteiger partial charge in [0.05, 0.1) is 6.10 Å². The molecule has 3 rings (SSSR count). The second kappa shape index (κ2) is 10.7. The van der Waals surface area contributed by atoms with E-state index in [-0.39, 0.29) is 23.6 Å². The van der Waals surface area contributed by atoms with Crippen LogP contribution in [0.15, 0.2) is 35.5 Å². The van der Waals surface area contributed by atoms with Crippen molar-refractivity contribution in [3.05, 3.63) is 35.5 Å². The summed E-state index contributed by atoms with van der Waals surface area (Å²) in [6.07, 6.45) is 14.9. The van der Waals surface area contributed by atoms with E-state index in [2.05, 4.69) is 46.4 Å². The van der Waals surface area contributed by atoms with E-state index in [0.29, 0.717) is 24.2 Å². The fourth-order valence-corrected chi connectivity index (χ4v) is 7.02. The number of hydrogen-bond acceptors (Lipinski definition) is 3. The van der Waals surface area contributed by atoms with E-state index >= 15 is 0 Å². The average molecular weight is 443 g/mol. The number of ether oxygens (including phenoxy) is 1. The summed E-state index contributed by atoms with van der Waals surface area (Å²) in [4.78, 5) is 11.8. The Hall–Kier alpha value is -1.35. The number of carbonyl (C=O) groups excluding carboxylic acids is 1. The molecule has 0 saturated heterocycles. The maximum atomic E-state index is 11.8. The maximum absolute atomic E-state index is 11.8. The molecule has 0 bridgehead atoms. The predicted octanol–water partition coefficient (Wildman–Crippen LogP) is 7.16. The Balaban J connectivity index is 1.82. The Morgan fingerprint density at radius 2 is 1.94 bits per heavy atom. The maximum Gasteiger partial charge on any atom is 0.302 e. The molecule has 0 radical (unpaired) electrons. The van der Waals surface area contributed by atoms with Crippen LogP contribution in [0.1, 0.15) is 98.8 Å². The lowest BCUT2D eigenvalue weighted by Crippen LogP contribution is -2.42. The van der Waals surface area contributed by atoms with Gasteiger partial charge in [-0.25, -0.2) is 0 Å². The summed E-state index contributed by atoms with van der Waals surface area (Å²) in [5.41, 5.74) is 3.96. The van der Waals surface area contributed by atoms with Crippen LogP contribution in [0.4, 0.5) is 0 Å². The molecule has 32 heavy (non-hydrogen) atoms. The van der Waals surface area contributed by atoms with Crippen molar-refractivity contribution in [2.75, 3.05) is 0 Å². The molecule has 3 aliphatic carbocycles. The van der Waals surface area contributed by atoms with E-state index in [1.54, 1.807) is 0 Å². The molecule has 3 aliphatic rings. The zero-order valence-electron chi connectivity index (χ0n) is 21.2. The molecule has 180 valence electrons. The van der Waals surface area contributed by atoms with Gasteiger partial charge in [-0.3, -0.25) is 4.79 Å². The Morgan fingerprint density at radius 3 is 2.62 bits per heavy atom. The van der Waals surface area contributed by atoms with Gasteiger partial charge in [0.25, 0.3) is 0 Å². The summed E-state index contributed by atoms with van der Waals surface area (Å²) >= 11 is 0. The van der Waals surface area contributed by atoms with Gasteiger partial charge in [-0.05, 0) is 73.2 Å². The first-order valence-corrected chi connectivity index (χ1v) is 13.0. The van der Waals surface area contributed by atoms with E-state index < -0.39 is 0 Å². The van der Waals surface area contributed by atoms with Crippen LogP contribution in [0.5, 0.6) is 0 Å². The SMILES string of the molecule is C=C1CC[C@H](O)C/C1=C/C=C1C[C@H](OC(C)=O)C[C@@]2(C)C1CC[C@@H]2[C@H](C)CCCC(C)C. The van der Waals surface area contributed by atoms with E-state index in [1.165, 1.54) is 50.2 Å². The highest BCUT2D eigenvalue weighted by atomic mass is 16.5. The largest absolute Gasteiger partial charge is 0.462 e. The quantitative estimate of drug-likeness (QED) is 0.425. The molecule has 3 heteroatoms. The molecular weight excluding hydrogens is 396 g/mol. The van der Waals surface area contributed by atoms with Crippen LogP contribution < -0.4 is 0 Å². The molecule has 0 amide bonds. The predicted molar refractivity (Wildman–Crippen MR) is 132 cm³/mol. The molecule has 0 spiro atoms. The van der Waals surface area contributed by atoms with Gasteiger partial charge in [-0.15, -0.1) is 0 Å². The van der Waals surface area contributed by atoms with Crippen molar-refractivity contribution in [1.82, 2.24) is 0 Å². The number of carbonyl (C=O) groups is 1. The Bertz CT molecular complexity index is 746. The van der Waals surface area contributed by atoms with E-state index in [0.717, 1.165) is 37.2 Å². The van der Waals surface area contributed by atoms with Crippen molar-refractivity contribution in [2.24, 2.45) is 29.1 Å². The van der Waals surface area contributed by atoms with E-state index in [4.69, 9.17) is 4.74 Å². The molecule has 0 aromatic heterocycles. The van der Waals surface area contributed by atoms with Gasteiger partial charge in [-0.1, -0.05) is 76.8 Å². The molecule has 6 atom stereocenters. The second-order valence-corrected chi connectivity index (χ2v) is 11.6. The van der Waals surface area contributed by atoms with Crippen LogP contribution in [0, 0.1) is 29.1 Å². The first-order valence-electron chi connectivity index (χ1n) is 13.0. The molecule has 0 aromatic carbocycles. The first-order chi connectivity index (χ1) is 15.1. The van der Waals surface area contributed by atoms with Crippen molar-refractivity contribution < 1.29 is 14.6 Å². The van der Waals surface area contributed by atoms with Crippen LogP contribution in [0.2, 0.25) is 0 Å². The van der Waals surface area contributed by atoms with Crippen molar-refractivity contribution >= 4 is 5.97 Å². The number of hydrogen-bond donors (Lipinski definition) is 1. The molecule has 1 N–H and O–H groups in total. The summed E-state index contributed by atoms with van der Waals surface area (Å²) in [6.45, 7) is 15.3. The first kappa shape index (κ1) is 25.3. The normalized spacial score (nSPS) is 36.5. The van der Waals surface area contributed by atoms with Crippen LogP contribution in [-0.2, 0) is 9.53 Å². The topological polar surface area (TPSA) is 46.5 Å². The lowest BCUT2D eigenvalue weighted by molar-refractivity contribution is -0.150. The lowest BCUT2D eigenvalue weighted by atomic mass is 9.60. The average Bonchev–Trinajstić information content (AvgIpc) is 3.04. The van der Waals surface area contributed by atoms with Crippen molar-refractivity contribution in [3.63, 3.8) is 0 Å². The standard InChI is InChI=1S/C29H46O3/c1-19(2)8-7-9-21(4)27-14-15-28-24(12-11-23-16-25(31)13-10-20(23)3)17-26(32-22(5)30)18-29(27,28)6/h11-12,19,21,25-28,31H,3,7-10,13-18H2,1-2,4-6H3/b23-11-,24-12?/t21-,25+,26+,27-,28?,29-/m1/s1. The zero-order chi connectivity index (χ0) is 23.5. The molecule has 1 unspecified atom stereocenters. The molecule has 0 aromatic rings. The third-order valence-corrected chi connectivity index (χ3v) is 8.64. The van der Waals surface area contributed by atoms with Gasteiger partial charge in [0.15, 0.2) is 0 Å². The van der Waals surface area contributed by atoms with Crippen molar-refractivity contribution in [2.45, 2.75) is 111 Å². The van der Waals surface area contributed by atoms with Crippen LogP contribution in [-0.4, -0.2) is 23.3 Å². The monoisotopic (exact) mass is 442 g/mol. The lowest BCUT2D eigenvalue weighted by Gasteiger charge is -2.47. The number of aliphatic hydroxyl groups excluding tert-OH is 1. The number of allylic oxidation sites excluding steroid dienone is 3. The van der Waals surface area contributed by atoms with Crippen LogP contribution in [0.3, 0.4) is 0 Å². The third kappa shape index (κ3) is 5.95. The minimum Gasteiger partial charge on any atom is -0.462 e. The summed E-state index contributed by atoms with van der Waals surface area (Å²) < 4.78 is 5.81. The van der Waals surface area contributed by atoms with Crippen LogP contribution >= 0.6 is 0 Å². The van der Waals surface area contributed by atoms with Gasteiger partial charge in [0, 0.05) is 13.3 Å². The van der Waals surface area contributed by atoms with Gasteiger partial charge < -0.3 is 9.84 Å². The summed E-state index contributed by atoms with van der Waals surface area (Å²) in [6, 6.07) is 0. The minimum absolute atomic E-state index is 0.0259. The fraction of sp³-hybridized carbons (Fsp3) is 0.759. The van der Waals surface area contributed by atoms with Crippen molar-refractivity contribution in [1.29, 1.82) is 0 Å². The molecule has 0 aliphatic heterocycles. The molecule has 3 saturated carbocycles. The smallest absolute Gasteiger partial charge is 0.302 e. The highest BCUT2D eigenvalue weighted by molar-refractivity contribution is 5.66. The second-order valence-electron chi connectivity index (χ2n) is 11.6. The number of esters is 1. The molecule has 0 heterocycles. The molecule has 3 fully saturated rings. The fourth-order valence-electron chi connectivity index (χ4n) is 7.02. The van der Waals surface area contributed by atoms with Gasteiger partial charge in [0.2, 0.25) is 0 Å². The molecular formula is C29H46O3. The van der Waals surface area contributed by atoms with Gasteiger partial charge in [-0.2, -0.15) is 0 Å². The van der Waals surface area contributed by atoms with Gasteiger partial charge in [0.1, 0.15) is 6.10 Å². The van der Waals surface area contributed by atoms with Crippen LogP contribution in [0.25, 0.3) is 0 Å². The number of rotatable bonds is 7. The summed E-state index contributed by atoms with van der Waals surface area (Å²) in [7, 11) is 0. The number of fused-ring (bicyclic) bond motifs is 1. The minimum atomic E-state index is -0.252. The highest BCUT2D eigenvalue weighted by Crippen LogP contribution is 2.60. The Morgan fingerprint density at radius 1 is 1.19 bits per heavy atom. The Kier molecular flexibility index (Phi) is 8.47. The van der Waals surface area contributed by atoms with Crippen molar-refractivity contribution in [3.8, 4) is 0 Å². The zero-order valence-corrected chi connectivity index (χ0v) is 21.2. The van der Waals surface area contributed by atoms with E-state index in [1.807, 2.05) is 0 Å². The van der Waals surface area contributed by atoms with E-state index in [9.17, 15) is 9.90 Å². The summed E-state index contributed by atoms with van der Waals surface area (Å²) in [5, 5.41) is 10.1. The Labute approximate surface area is 196 Å². The highest BCUT2D eigenvalue weighted by Gasteiger charge is 2.53. The summed E-state index contributed by atoms with van der Waals surface area (Å²) in [5.74, 6) is 2.55. The van der Waals surface area contributed by atoms with Gasteiger partial charge >= 0.3 is 5.97 Å².